The molecule has 1 aliphatic rings. The van der Waals surface area contributed by atoms with Crippen LogP contribution in [0, 0.1) is 0 Å². The first-order valence-electron chi connectivity index (χ1n) is 3.76. The summed E-state index contributed by atoms with van der Waals surface area (Å²) in [6, 6.07) is 0. The van der Waals surface area contributed by atoms with Gasteiger partial charge in [0.15, 0.2) is 0 Å². The molecule has 0 unspecified atom stereocenters. The van der Waals surface area contributed by atoms with Crippen molar-refractivity contribution in [2.45, 2.75) is 0 Å². The minimum absolute atomic E-state index is 0. The van der Waals surface area contributed by atoms with Crippen LogP contribution in [0.3, 0.4) is 0 Å². The van der Waals surface area contributed by atoms with Gasteiger partial charge in [0, 0.05) is 24.6 Å². The maximum atomic E-state index is 12.0. The molecule has 1 nitrogen and oxygen atoms in total. The minimum Gasteiger partial charge on any atom is -0.448 e. The Bertz CT molecular complexity index is 140. The smallest absolute Gasteiger partial charge is 0.448 e. The molecule has 1 aliphatic heterocycles. The molecule has 0 bridgehead atoms. The molecule has 1 rings (SSSR count). The third-order valence-corrected chi connectivity index (χ3v) is 3.90. The monoisotopic (exact) mass is 255 g/mol. The molecule has 0 atom stereocenters. The first-order chi connectivity index (χ1) is 5.58. The maximum Gasteiger partial charge on any atom is 1.00 e. The molecule has 0 N–H and O–H groups in total. The second-order valence-electron chi connectivity index (χ2n) is 2.65. The molecule has 0 aromatic heterocycles. The Labute approximate surface area is 127 Å². The van der Waals surface area contributed by atoms with Crippen molar-refractivity contribution in [2.75, 3.05) is 31.0 Å². The van der Waals surface area contributed by atoms with Gasteiger partial charge in [0.1, 0.15) is 0 Å². The number of hydrogen-bond donors (Lipinski definition) is 0. The Morgan fingerprint density at radius 3 is 1.92 bits per heavy atom. The quantitative estimate of drug-likeness (QED) is 0.464. The third-order valence-electron chi connectivity index (χ3n) is 1.53. The van der Waals surface area contributed by atoms with Gasteiger partial charge in [0.2, 0.25) is 0 Å². The van der Waals surface area contributed by atoms with E-state index >= 15 is 0 Å². The van der Waals surface area contributed by atoms with Gasteiger partial charge in [-0.25, -0.2) is 0 Å². The Morgan fingerprint density at radius 1 is 1.08 bits per heavy atom. The predicted molar refractivity (Wildman–Crippen MR) is 50.4 cm³/mol. The summed E-state index contributed by atoms with van der Waals surface area (Å²) in [4.78, 5) is 1.49. The van der Waals surface area contributed by atoms with E-state index in [-0.39, 0.29) is 51.4 Å². The van der Waals surface area contributed by atoms with Crippen molar-refractivity contribution >= 4 is 28.6 Å². The summed E-state index contributed by atoms with van der Waals surface area (Å²) in [5, 5.41) is 0. The van der Waals surface area contributed by atoms with Crippen molar-refractivity contribution in [2.24, 2.45) is 0 Å². The maximum absolute atomic E-state index is 12.0. The normalized spacial score (nSPS) is 20.5. The molecular weight excluding hydrogens is 245 g/mol. The van der Waals surface area contributed by atoms with Gasteiger partial charge >= 0.3 is 58.4 Å². The topological polar surface area (TPSA) is 3.24 Å². The van der Waals surface area contributed by atoms with E-state index in [0.717, 1.165) is 11.5 Å². The van der Waals surface area contributed by atoms with Crippen molar-refractivity contribution in [3.63, 3.8) is 0 Å². The van der Waals surface area contributed by atoms with Crippen LogP contribution < -0.4 is 51.4 Å². The average molecular weight is 255 g/mol. The van der Waals surface area contributed by atoms with Gasteiger partial charge in [-0.05, 0) is 6.44 Å². The van der Waals surface area contributed by atoms with E-state index in [1.165, 1.54) is 4.90 Å². The number of hydrogen-bond acceptors (Lipinski definition) is 3. The Kier molecular flexibility index (Phi) is 8.66. The molecule has 0 amide bonds. The molecule has 1 saturated heterocycles. The van der Waals surface area contributed by atoms with Crippen molar-refractivity contribution in [1.82, 2.24) is 4.90 Å². The fourth-order valence-electron chi connectivity index (χ4n) is 1.04. The summed E-state index contributed by atoms with van der Waals surface area (Å²) in [5.41, 5.74) is 0. The Morgan fingerprint density at radius 2 is 1.54 bits per heavy atom. The van der Waals surface area contributed by atoms with E-state index < -0.39 is 13.4 Å². The van der Waals surface area contributed by atoms with E-state index in [1.807, 2.05) is 0 Å². The summed E-state index contributed by atoms with van der Waals surface area (Å²) >= 11 is 0. The fourth-order valence-corrected chi connectivity index (χ4v) is 3.09. The molecule has 0 aromatic rings. The van der Waals surface area contributed by atoms with Crippen LogP contribution in [0.25, 0.3) is 0 Å². The Hall–Kier alpha value is 2.15. The van der Waals surface area contributed by atoms with Crippen molar-refractivity contribution in [3.8, 4) is 0 Å². The zero-order chi connectivity index (χ0) is 9.03. The predicted octanol–water partition coefficient (Wildman–Crippen LogP) is -0.926. The van der Waals surface area contributed by atoms with E-state index in [4.69, 9.17) is 0 Å². The Balaban J connectivity index is 0.00000144. The molecule has 1 fully saturated rings. The molecule has 0 aromatic carbocycles. The molecule has 1 heterocycles. The van der Waals surface area contributed by atoms with Crippen molar-refractivity contribution in [1.29, 1.82) is 0 Å². The molecule has 0 radical (unpaired) electrons. The van der Waals surface area contributed by atoms with E-state index in [9.17, 15) is 12.9 Å². The van der Waals surface area contributed by atoms with Crippen LogP contribution in [0.5, 0.6) is 0 Å². The van der Waals surface area contributed by atoms with Crippen LogP contribution in [0.15, 0.2) is 0 Å². The van der Waals surface area contributed by atoms with Crippen LogP contribution in [0.1, 0.15) is 0 Å². The summed E-state index contributed by atoms with van der Waals surface area (Å²) in [5.74, 6) is 1.60. The average Bonchev–Trinajstić information content (AvgIpc) is 2.12. The zero-order valence-electron chi connectivity index (χ0n) is 7.51. The standard InChI is InChI=1S/C5H10BF3NS2.K/c7-6(8,9)5-10-1-3-11-12-4-2-10;/h1-5H2;/q-1;+1. The summed E-state index contributed by atoms with van der Waals surface area (Å²) < 4.78 is 35.9. The van der Waals surface area contributed by atoms with Gasteiger partial charge in [0.25, 0.3) is 0 Å². The van der Waals surface area contributed by atoms with Gasteiger partial charge in [-0.1, -0.05) is 21.6 Å². The summed E-state index contributed by atoms with van der Waals surface area (Å²) in [7, 11) is 3.32. The van der Waals surface area contributed by atoms with E-state index in [1.54, 1.807) is 21.6 Å². The third kappa shape index (κ3) is 8.01. The molecular formula is C5H10BF3KNS2. The molecule has 0 spiro atoms. The van der Waals surface area contributed by atoms with E-state index in [0.29, 0.717) is 13.1 Å². The SMILES string of the molecule is F[B-](F)(F)CN1CCSSCC1.[K+]. The summed E-state index contributed by atoms with van der Waals surface area (Å²) in [6.07, 6.45) is -0.693. The summed E-state index contributed by atoms with van der Waals surface area (Å²) in [6.45, 7) is -3.50. The first kappa shape index (κ1) is 15.2. The van der Waals surface area contributed by atoms with Gasteiger partial charge in [-0.2, -0.15) is 0 Å². The van der Waals surface area contributed by atoms with Crippen LogP contribution in [-0.4, -0.2) is 42.9 Å². The second kappa shape index (κ2) is 7.43. The number of halogens is 3. The second-order valence-corrected chi connectivity index (χ2v) is 5.36. The zero-order valence-corrected chi connectivity index (χ0v) is 12.3. The van der Waals surface area contributed by atoms with Gasteiger partial charge in [-0.15, -0.1) is 0 Å². The van der Waals surface area contributed by atoms with E-state index in [2.05, 4.69) is 0 Å². The molecule has 8 heteroatoms. The van der Waals surface area contributed by atoms with Crippen molar-refractivity contribution < 1.29 is 64.3 Å². The van der Waals surface area contributed by atoms with Gasteiger partial charge in [-0.3, -0.25) is 0 Å². The van der Waals surface area contributed by atoms with Crippen LogP contribution in [0.4, 0.5) is 12.9 Å². The van der Waals surface area contributed by atoms with Gasteiger partial charge in [0.05, 0.1) is 0 Å². The largest absolute Gasteiger partial charge is 1.00 e. The van der Waals surface area contributed by atoms with Gasteiger partial charge < -0.3 is 17.8 Å². The number of nitrogens with zero attached hydrogens (tertiary/aromatic N) is 1. The first-order valence-corrected chi connectivity index (χ1v) is 6.24. The molecule has 0 saturated carbocycles. The van der Waals surface area contributed by atoms with Crippen molar-refractivity contribution in [3.05, 3.63) is 0 Å². The molecule has 0 aliphatic carbocycles. The fraction of sp³-hybridized carbons (Fsp3) is 1.00. The minimum atomic E-state index is -4.63. The number of rotatable bonds is 2. The molecule has 13 heavy (non-hydrogen) atoms. The van der Waals surface area contributed by atoms with Crippen LogP contribution in [0.2, 0.25) is 0 Å². The van der Waals surface area contributed by atoms with Crippen LogP contribution in [-0.2, 0) is 0 Å². The molecule has 72 valence electrons. The van der Waals surface area contributed by atoms with Crippen LogP contribution >= 0.6 is 21.6 Å².